The first-order valence-electron chi connectivity index (χ1n) is 28.3. The molecule has 0 aliphatic carbocycles. The van der Waals surface area contributed by atoms with Gasteiger partial charge in [-0.3, -0.25) is 0 Å². The molecule has 2 heterocycles. The van der Waals surface area contributed by atoms with Crippen molar-refractivity contribution in [2.45, 2.75) is 0 Å². The summed E-state index contributed by atoms with van der Waals surface area (Å²) in [6.45, 7) is 0. The van der Waals surface area contributed by atoms with Gasteiger partial charge in [0.2, 0.25) is 0 Å². The maximum Gasteiger partial charge on any atom is 0.179 e. The molecule has 0 aliphatic heterocycles. The van der Waals surface area contributed by atoms with Crippen LogP contribution in [0, 0.1) is 0 Å². The Labute approximate surface area is 493 Å². The molecule has 0 unspecified atom stereocenters. The molecular formula is C78H54N2S2Si. The molecule has 0 saturated heterocycles. The monoisotopic (exact) mass is 1110 g/mol. The van der Waals surface area contributed by atoms with Gasteiger partial charge in [-0.25, -0.2) is 0 Å². The molecule has 15 aromatic rings. The van der Waals surface area contributed by atoms with Gasteiger partial charge < -0.3 is 9.80 Å². The summed E-state index contributed by atoms with van der Waals surface area (Å²) in [5.41, 5.74) is 13.8. The first-order valence-corrected chi connectivity index (χ1v) is 31.9. The first-order chi connectivity index (χ1) is 41.2. The van der Waals surface area contributed by atoms with Crippen LogP contribution in [0.25, 0.3) is 73.7 Å². The lowest BCUT2D eigenvalue weighted by molar-refractivity contribution is 1.29. The molecule has 83 heavy (non-hydrogen) atoms. The van der Waals surface area contributed by atoms with Crippen molar-refractivity contribution in [1.82, 2.24) is 0 Å². The summed E-state index contributed by atoms with van der Waals surface area (Å²) in [6, 6.07) is 121. The topological polar surface area (TPSA) is 6.48 Å². The fraction of sp³-hybridized carbons (Fsp3) is 0. The third-order valence-electron chi connectivity index (χ3n) is 16.3. The van der Waals surface area contributed by atoms with E-state index in [1.165, 1.54) is 94.5 Å². The Balaban J connectivity index is 0.873. The second-order valence-corrected chi connectivity index (χ2v) is 27.1. The van der Waals surface area contributed by atoms with Crippen molar-refractivity contribution in [3.05, 3.63) is 328 Å². The highest BCUT2D eigenvalue weighted by Gasteiger charge is 2.41. The van der Waals surface area contributed by atoms with Gasteiger partial charge in [0.1, 0.15) is 0 Å². The summed E-state index contributed by atoms with van der Waals surface area (Å²) < 4.78 is 5.12. The number of fused-ring (bicyclic) bond motifs is 6. The van der Waals surface area contributed by atoms with E-state index in [4.69, 9.17) is 0 Å². The summed E-state index contributed by atoms with van der Waals surface area (Å²) in [7, 11) is -2.75. The summed E-state index contributed by atoms with van der Waals surface area (Å²) in [5.74, 6) is 0. The smallest absolute Gasteiger partial charge is 0.179 e. The van der Waals surface area contributed by atoms with Crippen molar-refractivity contribution in [3.63, 3.8) is 0 Å². The quantitative estimate of drug-likeness (QED) is 0.0839. The fourth-order valence-corrected chi connectivity index (χ4v) is 19.8. The maximum absolute atomic E-state index is 2.75. The van der Waals surface area contributed by atoms with Crippen LogP contribution in [0.1, 0.15) is 0 Å². The minimum absolute atomic E-state index is 1.10. The first kappa shape index (κ1) is 50.1. The minimum atomic E-state index is -2.75. The van der Waals surface area contributed by atoms with E-state index < -0.39 is 8.07 Å². The van der Waals surface area contributed by atoms with E-state index in [2.05, 4.69) is 337 Å². The van der Waals surface area contributed by atoms with Crippen LogP contribution in [-0.2, 0) is 0 Å². The zero-order valence-electron chi connectivity index (χ0n) is 45.4. The standard InChI is InChI=1S/C78H54N2S2Si/c1-7-29-59(30-8-1)79(60-31-9-2-10-32-60)63-51-71(77-73(53-63)69-41-19-21-43-75(69)81-77)57-27-23-25-55(49-57)56-26-24-28-58(50-56)72-52-64(54-74-70-42-20-22-44-76(70)82-78(72)74)80(61-33-11-3-12-34-61)62-45-47-68(48-46-62)83(65-35-13-4-14-36-65,66-37-15-5-16-38-66)67-39-17-6-18-40-67/h1-54H. The van der Waals surface area contributed by atoms with Crippen molar-refractivity contribution in [1.29, 1.82) is 0 Å². The average Bonchev–Trinajstić information content (AvgIpc) is 4.33. The van der Waals surface area contributed by atoms with E-state index in [-0.39, 0.29) is 0 Å². The number of anilines is 6. The number of hydrogen-bond acceptors (Lipinski definition) is 4. The molecule has 13 aromatic carbocycles. The van der Waals surface area contributed by atoms with Gasteiger partial charge in [-0.1, -0.05) is 231 Å². The van der Waals surface area contributed by atoms with Crippen LogP contribution in [-0.4, -0.2) is 8.07 Å². The molecule has 5 heteroatoms. The van der Waals surface area contributed by atoms with Gasteiger partial charge >= 0.3 is 0 Å². The van der Waals surface area contributed by atoms with Gasteiger partial charge in [0.15, 0.2) is 8.07 Å². The van der Waals surface area contributed by atoms with Gasteiger partial charge in [-0.2, -0.15) is 0 Å². The maximum atomic E-state index is 2.45. The molecule has 2 aromatic heterocycles. The lowest BCUT2D eigenvalue weighted by atomic mass is 9.94. The highest BCUT2D eigenvalue weighted by Crippen LogP contribution is 2.48. The second-order valence-electron chi connectivity index (χ2n) is 21.2. The van der Waals surface area contributed by atoms with Crippen LogP contribution in [0.5, 0.6) is 0 Å². The van der Waals surface area contributed by atoms with Crippen LogP contribution in [0.3, 0.4) is 0 Å². The van der Waals surface area contributed by atoms with E-state index in [1.807, 2.05) is 22.7 Å². The average molecular weight is 1110 g/mol. The summed E-state index contributed by atoms with van der Waals surface area (Å²) in [5, 5.41) is 10.5. The minimum Gasteiger partial charge on any atom is -0.310 e. The zero-order valence-corrected chi connectivity index (χ0v) is 48.0. The number of rotatable bonds is 13. The lowest BCUT2D eigenvalue weighted by Crippen LogP contribution is -2.74. The molecule has 0 spiro atoms. The second kappa shape index (κ2) is 21.5. The fourth-order valence-electron chi connectivity index (χ4n) is 12.6. The molecule has 0 saturated carbocycles. The molecule has 392 valence electrons. The molecule has 15 rings (SSSR count). The number of hydrogen-bond donors (Lipinski definition) is 0. The number of para-hydroxylation sites is 3. The summed E-state index contributed by atoms with van der Waals surface area (Å²) in [6.07, 6.45) is 0. The van der Waals surface area contributed by atoms with Crippen LogP contribution in [0.15, 0.2) is 328 Å². The third kappa shape index (κ3) is 9.03. The Morgan fingerprint density at radius 1 is 0.217 bits per heavy atom. The SMILES string of the molecule is c1ccc(N(c2ccccc2)c2cc(-c3cccc(-c4cccc(-c5cc(N(c6ccccc6)c6ccc([Si](c7ccccc7)(c7ccccc7)c7ccccc7)cc6)cc6c5sc5ccccc56)c4)c3)c3sc4ccccc4c3c2)cc1. The van der Waals surface area contributed by atoms with Gasteiger partial charge in [0, 0.05) is 85.6 Å². The van der Waals surface area contributed by atoms with E-state index in [0.717, 1.165) is 34.1 Å². The van der Waals surface area contributed by atoms with E-state index >= 15 is 0 Å². The number of thiophene rings is 2. The highest BCUT2D eigenvalue weighted by atomic mass is 32.1. The van der Waals surface area contributed by atoms with Crippen molar-refractivity contribution in [3.8, 4) is 33.4 Å². The van der Waals surface area contributed by atoms with Gasteiger partial charge in [0.25, 0.3) is 0 Å². The van der Waals surface area contributed by atoms with Gasteiger partial charge in [-0.05, 0) is 140 Å². The van der Waals surface area contributed by atoms with Crippen LogP contribution in [0.4, 0.5) is 34.1 Å². The van der Waals surface area contributed by atoms with Crippen LogP contribution < -0.4 is 30.5 Å². The van der Waals surface area contributed by atoms with Crippen LogP contribution >= 0.6 is 22.7 Å². The molecule has 0 aliphatic rings. The molecule has 0 atom stereocenters. The normalized spacial score (nSPS) is 11.6. The Hall–Kier alpha value is -9.88. The molecule has 2 nitrogen and oxygen atoms in total. The Kier molecular flexibility index (Phi) is 13.0. The number of nitrogens with zero attached hydrogens (tertiary/aromatic N) is 2. The molecule has 0 radical (unpaired) electrons. The predicted molar refractivity (Wildman–Crippen MR) is 362 cm³/mol. The Bertz CT molecular complexity index is 4640. The van der Waals surface area contributed by atoms with Crippen molar-refractivity contribution < 1.29 is 0 Å². The van der Waals surface area contributed by atoms with E-state index in [0.29, 0.717) is 0 Å². The van der Waals surface area contributed by atoms with Crippen molar-refractivity contribution >= 4 is 126 Å². The highest BCUT2D eigenvalue weighted by molar-refractivity contribution is 7.26. The lowest BCUT2D eigenvalue weighted by Gasteiger charge is -2.35. The largest absolute Gasteiger partial charge is 0.310 e. The van der Waals surface area contributed by atoms with Gasteiger partial charge in [0.05, 0.1) is 0 Å². The van der Waals surface area contributed by atoms with Crippen molar-refractivity contribution in [2.75, 3.05) is 9.80 Å². The molecular weight excluding hydrogens is 1060 g/mol. The Morgan fingerprint density at radius 3 is 0.916 bits per heavy atom. The predicted octanol–water partition coefficient (Wildman–Crippen LogP) is 19.7. The number of benzene rings is 13. The summed E-state index contributed by atoms with van der Waals surface area (Å²) in [4.78, 5) is 4.83. The third-order valence-corrected chi connectivity index (χ3v) is 23.6. The van der Waals surface area contributed by atoms with E-state index in [1.54, 1.807) is 0 Å². The zero-order chi connectivity index (χ0) is 55.1. The molecule has 0 amide bonds. The van der Waals surface area contributed by atoms with Crippen molar-refractivity contribution in [2.24, 2.45) is 0 Å². The molecule has 0 fully saturated rings. The van der Waals surface area contributed by atoms with Gasteiger partial charge in [-0.15, -0.1) is 22.7 Å². The molecule has 0 N–H and O–H groups in total. The Morgan fingerprint density at radius 2 is 0.530 bits per heavy atom. The summed E-state index contributed by atoms with van der Waals surface area (Å²) >= 11 is 3.76. The molecule has 0 bridgehead atoms. The van der Waals surface area contributed by atoms with Crippen LogP contribution in [0.2, 0.25) is 0 Å². The van der Waals surface area contributed by atoms with E-state index in [9.17, 15) is 0 Å².